The minimum atomic E-state index is -0.901. The number of non-ortho nitro benzene ring substituents is 1. The lowest BCUT2D eigenvalue weighted by Gasteiger charge is -2.45. The van der Waals surface area contributed by atoms with Crippen molar-refractivity contribution in [3.8, 4) is 0 Å². The largest absolute Gasteiger partial charge is 0.456 e. The van der Waals surface area contributed by atoms with Crippen molar-refractivity contribution in [3.05, 3.63) is 111 Å². The van der Waals surface area contributed by atoms with Gasteiger partial charge in [-0.15, -0.1) is 0 Å². The van der Waals surface area contributed by atoms with Gasteiger partial charge in [-0.3, -0.25) is 34.2 Å². The van der Waals surface area contributed by atoms with Crippen LogP contribution >= 0.6 is 0 Å². The number of benzene rings is 3. The number of Topliss-reactive ketones (excluding diaryl/α,β-unsaturated/α-hetero) is 1. The van der Waals surface area contributed by atoms with E-state index in [-0.39, 0.29) is 23.1 Å². The molecule has 3 aliphatic carbocycles. The van der Waals surface area contributed by atoms with Crippen LogP contribution in [0.15, 0.2) is 72.8 Å². The minimum absolute atomic E-state index is 0.0217. The molecule has 1 aliphatic heterocycles. The first kappa shape index (κ1) is 22.8. The summed E-state index contributed by atoms with van der Waals surface area (Å²) in [7, 11) is 0. The van der Waals surface area contributed by atoms with Crippen LogP contribution in [0.4, 0.5) is 5.69 Å². The number of hydrogen-bond acceptors (Lipinski definition) is 7. The highest BCUT2D eigenvalue weighted by Crippen LogP contribution is 2.60. The molecule has 0 saturated carbocycles. The first-order valence-corrected chi connectivity index (χ1v) is 11.8. The second kappa shape index (κ2) is 8.48. The number of rotatable bonds is 6. The minimum Gasteiger partial charge on any atom is -0.456 e. The van der Waals surface area contributed by atoms with Crippen LogP contribution in [0.25, 0.3) is 0 Å². The van der Waals surface area contributed by atoms with E-state index in [0.29, 0.717) is 0 Å². The number of carbonyl (C=O) groups is 4. The molecular weight excluding hydrogens is 476 g/mol. The van der Waals surface area contributed by atoms with Crippen molar-refractivity contribution < 1.29 is 28.8 Å². The smallest absolute Gasteiger partial charge is 0.326 e. The van der Waals surface area contributed by atoms with Crippen LogP contribution in [0.5, 0.6) is 0 Å². The molecule has 0 aromatic heterocycles. The molecule has 1 fully saturated rings. The van der Waals surface area contributed by atoms with Crippen molar-refractivity contribution >= 4 is 29.3 Å². The van der Waals surface area contributed by atoms with Gasteiger partial charge < -0.3 is 4.74 Å². The van der Waals surface area contributed by atoms with Gasteiger partial charge in [0, 0.05) is 29.5 Å². The number of ketones is 1. The third-order valence-corrected chi connectivity index (χ3v) is 7.57. The molecule has 7 rings (SSSR count). The predicted octanol–water partition coefficient (Wildman–Crippen LogP) is 3.21. The number of esters is 1. The number of nitro groups is 1. The molecule has 0 unspecified atom stereocenters. The van der Waals surface area contributed by atoms with Gasteiger partial charge in [0.1, 0.15) is 6.54 Å². The van der Waals surface area contributed by atoms with Crippen LogP contribution in [0.3, 0.4) is 0 Å². The van der Waals surface area contributed by atoms with E-state index in [9.17, 15) is 29.3 Å². The molecule has 0 spiro atoms. The van der Waals surface area contributed by atoms with Crippen molar-refractivity contribution in [1.29, 1.82) is 0 Å². The maximum absolute atomic E-state index is 13.5. The van der Waals surface area contributed by atoms with Crippen molar-refractivity contribution in [1.82, 2.24) is 4.90 Å². The fourth-order valence-electron chi connectivity index (χ4n) is 6.09. The van der Waals surface area contributed by atoms with Crippen molar-refractivity contribution in [2.24, 2.45) is 11.8 Å². The third kappa shape index (κ3) is 3.46. The normalized spacial score (nSPS) is 22.8. The van der Waals surface area contributed by atoms with Gasteiger partial charge in [-0.05, 0) is 22.3 Å². The topological polar surface area (TPSA) is 124 Å². The van der Waals surface area contributed by atoms with Crippen LogP contribution in [0.1, 0.15) is 44.4 Å². The average molecular weight is 496 g/mol. The summed E-state index contributed by atoms with van der Waals surface area (Å²) in [5.74, 6) is -4.16. The molecule has 3 aromatic rings. The molecule has 37 heavy (non-hydrogen) atoms. The molecule has 3 aromatic carbocycles. The standard InChI is InChI=1S/C28H20N2O7/c31-21(15-6-5-7-16(12-15)30(35)36)14-37-22(32)13-29-27(33)25-23-17-8-1-2-9-18(17)24(26(25)28(29)34)20-11-4-3-10-19(20)23/h1-12,23-26H,13-14H2/t23?,24?,25-,26+. The number of nitrogens with zero attached hydrogens (tertiary/aromatic N) is 2. The van der Waals surface area contributed by atoms with E-state index >= 15 is 0 Å². The Morgan fingerprint density at radius 2 is 1.32 bits per heavy atom. The van der Waals surface area contributed by atoms with Gasteiger partial charge in [0.2, 0.25) is 17.6 Å². The van der Waals surface area contributed by atoms with Gasteiger partial charge in [0.15, 0.2) is 6.61 Å². The summed E-state index contributed by atoms with van der Waals surface area (Å²) < 4.78 is 5.06. The third-order valence-electron chi connectivity index (χ3n) is 7.57. The lowest BCUT2D eigenvalue weighted by atomic mass is 9.55. The van der Waals surface area contributed by atoms with E-state index in [1.165, 1.54) is 18.2 Å². The van der Waals surface area contributed by atoms with Crippen LogP contribution in [0.2, 0.25) is 0 Å². The Balaban J connectivity index is 1.21. The fourth-order valence-corrected chi connectivity index (χ4v) is 6.09. The Bertz CT molecular complexity index is 1400. The first-order valence-electron chi connectivity index (χ1n) is 11.8. The number of imide groups is 1. The number of hydrogen-bond donors (Lipinski definition) is 0. The van der Waals surface area contributed by atoms with Crippen molar-refractivity contribution in [3.63, 3.8) is 0 Å². The number of ether oxygens (including phenoxy) is 1. The Hall–Kier alpha value is -4.66. The predicted molar refractivity (Wildman–Crippen MR) is 129 cm³/mol. The molecule has 2 atom stereocenters. The highest BCUT2D eigenvalue weighted by atomic mass is 16.6. The summed E-state index contributed by atoms with van der Waals surface area (Å²) in [6, 6.07) is 20.8. The molecule has 9 heteroatoms. The van der Waals surface area contributed by atoms with E-state index in [2.05, 4.69) is 0 Å². The van der Waals surface area contributed by atoms with Crippen molar-refractivity contribution in [2.75, 3.05) is 13.2 Å². The summed E-state index contributed by atoms with van der Waals surface area (Å²) in [5, 5.41) is 10.9. The number of carbonyl (C=O) groups excluding carboxylic acids is 4. The average Bonchev–Trinajstić information content (AvgIpc) is 3.17. The molecule has 4 aliphatic rings. The zero-order valence-electron chi connectivity index (χ0n) is 19.4. The van der Waals surface area contributed by atoms with Gasteiger partial charge >= 0.3 is 5.97 Å². The molecule has 9 nitrogen and oxygen atoms in total. The zero-order valence-corrected chi connectivity index (χ0v) is 19.4. The first-order chi connectivity index (χ1) is 17.9. The summed E-state index contributed by atoms with van der Waals surface area (Å²) in [5.41, 5.74) is 3.88. The van der Waals surface area contributed by atoms with Gasteiger partial charge in [0.05, 0.1) is 16.8 Å². The van der Waals surface area contributed by atoms with Crippen LogP contribution in [-0.4, -0.2) is 46.5 Å². The summed E-state index contributed by atoms with van der Waals surface area (Å²) in [6.07, 6.45) is 0. The van der Waals surface area contributed by atoms with E-state index in [1.807, 2.05) is 48.5 Å². The summed E-state index contributed by atoms with van der Waals surface area (Å²) in [4.78, 5) is 63.3. The second-order valence-corrected chi connectivity index (χ2v) is 9.42. The monoisotopic (exact) mass is 496 g/mol. The molecule has 2 amide bonds. The second-order valence-electron chi connectivity index (χ2n) is 9.42. The van der Waals surface area contributed by atoms with Gasteiger partial charge in [-0.2, -0.15) is 0 Å². The molecule has 1 heterocycles. The SMILES string of the molecule is O=C(CN1C(=O)[C@@H]2C3c4ccccc4C(c4ccccc43)[C@@H]2C1=O)OCC(=O)c1cccc([N+](=O)[O-])c1. The molecule has 1 saturated heterocycles. The maximum Gasteiger partial charge on any atom is 0.326 e. The Labute approximate surface area is 210 Å². The number of likely N-dealkylation sites (tertiary alicyclic amines) is 1. The zero-order chi connectivity index (χ0) is 25.8. The van der Waals surface area contributed by atoms with E-state index in [4.69, 9.17) is 4.74 Å². The number of nitro benzene ring substituents is 1. The Morgan fingerprint density at radius 1 is 0.811 bits per heavy atom. The maximum atomic E-state index is 13.5. The lowest BCUT2D eigenvalue weighted by molar-refractivity contribution is -0.384. The molecule has 184 valence electrons. The van der Waals surface area contributed by atoms with Gasteiger partial charge in [-0.25, -0.2) is 0 Å². The van der Waals surface area contributed by atoms with Gasteiger partial charge in [-0.1, -0.05) is 60.7 Å². The van der Waals surface area contributed by atoms with E-state index < -0.39 is 53.5 Å². The highest BCUT2D eigenvalue weighted by Gasteiger charge is 2.61. The molecule has 0 N–H and O–H groups in total. The van der Waals surface area contributed by atoms with Crippen LogP contribution in [-0.2, 0) is 19.1 Å². The molecule has 0 radical (unpaired) electrons. The van der Waals surface area contributed by atoms with Gasteiger partial charge in [0.25, 0.3) is 5.69 Å². The lowest BCUT2D eigenvalue weighted by Crippen LogP contribution is -2.41. The summed E-state index contributed by atoms with van der Waals surface area (Å²) >= 11 is 0. The fraction of sp³-hybridized carbons (Fsp3) is 0.214. The number of amides is 2. The van der Waals surface area contributed by atoms with E-state index in [0.717, 1.165) is 33.2 Å². The quantitative estimate of drug-likeness (QED) is 0.169. The van der Waals surface area contributed by atoms with Crippen molar-refractivity contribution in [2.45, 2.75) is 11.8 Å². The summed E-state index contributed by atoms with van der Waals surface area (Å²) in [6.45, 7) is -1.26. The highest BCUT2D eigenvalue weighted by molar-refractivity contribution is 6.09. The molecular formula is C28H20N2O7. The van der Waals surface area contributed by atoms with Crippen LogP contribution < -0.4 is 0 Å². The van der Waals surface area contributed by atoms with E-state index in [1.54, 1.807) is 0 Å². The van der Waals surface area contributed by atoms with Crippen LogP contribution in [0, 0.1) is 22.0 Å². The Morgan fingerprint density at radius 3 is 1.81 bits per heavy atom. The Kier molecular flexibility index (Phi) is 5.22. The molecule has 2 bridgehead atoms.